The van der Waals surface area contributed by atoms with Gasteiger partial charge in [0.05, 0.1) is 23.3 Å². The third-order valence-corrected chi connectivity index (χ3v) is 7.79. The van der Waals surface area contributed by atoms with Crippen LogP contribution in [0.25, 0.3) is 28.4 Å². The van der Waals surface area contributed by atoms with Gasteiger partial charge in [-0.1, -0.05) is 89.8 Å². The van der Waals surface area contributed by atoms with Crippen molar-refractivity contribution in [3.8, 4) is 11.3 Å². The maximum Gasteiger partial charge on any atom is 0.265 e. The number of H-pyrrole nitrogens is 1. The number of hydrogen-bond donors (Lipinski definition) is 2. The lowest BCUT2D eigenvalue weighted by Crippen LogP contribution is -2.13. The first kappa shape index (κ1) is 37.0. The first-order valence-corrected chi connectivity index (χ1v) is 15.2. The van der Waals surface area contributed by atoms with Crippen LogP contribution in [0.4, 0.5) is 0 Å². The van der Waals surface area contributed by atoms with E-state index >= 15 is 0 Å². The van der Waals surface area contributed by atoms with Crippen molar-refractivity contribution in [2.24, 2.45) is 11.7 Å². The second-order valence-corrected chi connectivity index (χ2v) is 10.9. The Morgan fingerprint density at radius 2 is 1.60 bits per heavy atom. The van der Waals surface area contributed by atoms with Gasteiger partial charge < -0.3 is 24.9 Å². The van der Waals surface area contributed by atoms with Gasteiger partial charge in [-0.3, -0.25) is 9.59 Å². The van der Waals surface area contributed by atoms with Crippen LogP contribution in [-0.4, -0.2) is 34.8 Å². The topological polar surface area (TPSA) is 115 Å². The predicted octanol–water partition coefficient (Wildman–Crippen LogP) is 8.26. The fraction of sp³-hybridized carbons (Fsp3) is 0.444. The number of allylic oxidation sites excluding steroid dienone is 2. The number of Topliss-reactive ketones (excluding diaryl/α,β-unsaturated/α-hetero) is 1. The number of nitrogens with zero attached hydrogens (tertiary/aromatic N) is 1. The highest BCUT2D eigenvalue weighted by Crippen LogP contribution is 2.45. The molecule has 5 rings (SSSR count). The van der Waals surface area contributed by atoms with Crippen LogP contribution in [0.2, 0.25) is 0 Å². The van der Waals surface area contributed by atoms with Crippen molar-refractivity contribution < 1.29 is 19.2 Å². The summed E-state index contributed by atoms with van der Waals surface area (Å²) in [6.07, 6.45) is 14.6. The highest BCUT2D eigenvalue weighted by Gasteiger charge is 2.29. The first-order valence-electron chi connectivity index (χ1n) is 15.2. The van der Waals surface area contributed by atoms with Crippen LogP contribution in [-0.2, 0) is 20.9 Å². The number of ketones is 1. The Labute approximate surface area is 257 Å². The molecule has 2 saturated carbocycles. The Kier molecular flexibility index (Phi) is 15.9. The van der Waals surface area contributed by atoms with Gasteiger partial charge in [-0.2, -0.15) is 0 Å². The minimum Gasteiger partial charge on any atom is -0.364 e. The van der Waals surface area contributed by atoms with Crippen molar-refractivity contribution in [3.63, 3.8) is 0 Å². The minimum atomic E-state index is -0.486. The van der Waals surface area contributed by atoms with Crippen LogP contribution in [0.3, 0.4) is 0 Å². The summed E-state index contributed by atoms with van der Waals surface area (Å²) in [6, 6.07) is 6.12. The molecule has 3 aromatic rings. The Hall–Kier alpha value is -4.00. The summed E-state index contributed by atoms with van der Waals surface area (Å²) >= 11 is 0. The quantitative estimate of drug-likeness (QED) is 0.270. The van der Waals surface area contributed by atoms with Crippen molar-refractivity contribution in [2.75, 3.05) is 0 Å². The summed E-state index contributed by atoms with van der Waals surface area (Å²) in [4.78, 5) is 43.7. The van der Waals surface area contributed by atoms with Crippen molar-refractivity contribution >= 4 is 42.4 Å². The van der Waals surface area contributed by atoms with Gasteiger partial charge in [0, 0.05) is 11.1 Å². The molecular formula is C36H51N3O4. The second kappa shape index (κ2) is 18.5. The van der Waals surface area contributed by atoms with Crippen molar-refractivity contribution in [3.05, 3.63) is 64.9 Å². The number of aromatic nitrogens is 2. The summed E-state index contributed by atoms with van der Waals surface area (Å²) in [5.74, 6) is 1.04. The Balaban J connectivity index is 0.000000812. The van der Waals surface area contributed by atoms with Crippen molar-refractivity contribution in [1.29, 1.82) is 0 Å². The number of carbonyl (C=O) groups is 4. The number of hydrogen-bond acceptors (Lipinski definition) is 4. The summed E-state index contributed by atoms with van der Waals surface area (Å²) in [5.41, 5.74) is 14.8. The summed E-state index contributed by atoms with van der Waals surface area (Å²) < 4.78 is 2.09. The molecule has 2 aliphatic rings. The Morgan fingerprint density at radius 1 is 1.02 bits per heavy atom. The number of benzene rings is 1. The zero-order valence-electron chi connectivity index (χ0n) is 27.1. The van der Waals surface area contributed by atoms with E-state index in [1.165, 1.54) is 54.4 Å². The second-order valence-electron chi connectivity index (χ2n) is 10.9. The Bertz CT molecular complexity index is 1380. The van der Waals surface area contributed by atoms with Crippen molar-refractivity contribution in [2.45, 2.75) is 99.0 Å². The number of fused-ring (bicyclic) bond motifs is 1. The number of nitrogens with two attached hydrogens (primary N) is 1. The molecule has 2 aliphatic carbocycles. The number of nitrogens with one attached hydrogen (secondary N) is 1. The molecule has 0 unspecified atom stereocenters. The standard InChI is InChI=1S/C28H33N3O2.C4H8.C2H6.2CH2O/c1-5-6-12-21-17(2)13-14-22(19(21)4)27-25(20-10-8-7-9-11-20)26-24(31(27)16-18(3)32)15-23(30-26)28(29)33;1-4-2-3-4;3*1-2/h5-6,12-15,20,30H,1,7-11,16H2,2-4H3,(H2,29,33);4H,2-3H2,1H3;1-2H3;2*1H2/b12-6-;;;;. The van der Waals surface area contributed by atoms with Gasteiger partial charge >= 0.3 is 0 Å². The van der Waals surface area contributed by atoms with Crippen LogP contribution >= 0.6 is 0 Å². The number of carbonyl (C=O) groups excluding carboxylic acids is 4. The first-order chi connectivity index (χ1) is 20.7. The largest absolute Gasteiger partial charge is 0.364 e. The fourth-order valence-corrected chi connectivity index (χ4v) is 5.55. The minimum absolute atomic E-state index is 0.0710. The van der Waals surface area contributed by atoms with Gasteiger partial charge in [-0.05, 0) is 68.2 Å². The van der Waals surface area contributed by atoms with Crippen LogP contribution in [0.5, 0.6) is 0 Å². The average Bonchev–Trinajstić information content (AvgIpc) is 3.59. The maximum absolute atomic E-state index is 12.4. The molecule has 234 valence electrons. The van der Waals surface area contributed by atoms with Crippen LogP contribution in [0.1, 0.15) is 111 Å². The molecule has 0 atom stereocenters. The van der Waals surface area contributed by atoms with E-state index in [1.807, 2.05) is 33.5 Å². The third-order valence-electron chi connectivity index (χ3n) is 7.79. The molecule has 0 saturated heterocycles. The SMILES string of the molecule is C=C/C=C\c1c(C)ccc(-c2c(C3CCCCC3)c3[nH]c(C(N)=O)cc3n2CC(C)=O)c1C.C=O.C=O.CC.CC1CC1. The molecule has 2 fully saturated rings. The monoisotopic (exact) mass is 589 g/mol. The molecule has 7 nitrogen and oxygen atoms in total. The van der Waals surface area contributed by atoms with E-state index in [9.17, 15) is 9.59 Å². The zero-order chi connectivity index (χ0) is 32.7. The molecule has 7 heteroatoms. The van der Waals surface area contributed by atoms with E-state index in [4.69, 9.17) is 15.3 Å². The highest BCUT2D eigenvalue weighted by molar-refractivity contribution is 6.00. The molecule has 2 aromatic heterocycles. The van der Waals surface area contributed by atoms with E-state index in [-0.39, 0.29) is 12.3 Å². The molecule has 0 aliphatic heterocycles. The molecule has 3 N–H and O–H groups in total. The fourth-order valence-electron chi connectivity index (χ4n) is 5.55. The summed E-state index contributed by atoms with van der Waals surface area (Å²) in [5, 5.41) is 0. The molecule has 1 amide bonds. The van der Waals surface area contributed by atoms with Crippen molar-refractivity contribution in [1.82, 2.24) is 9.55 Å². The maximum atomic E-state index is 12.4. The van der Waals surface area contributed by atoms with E-state index in [2.05, 4.69) is 55.1 Å². The number of aromatic amines is 1. The summed E-state index contributed by atoms with van der Waals surface area (Å²) in [6.45, 7) is 20.2. The predicted molar refractivity (Wildman–Crippen MR) is 179 cm³/mol. The lowest BCUT2D eigenvalue weighted by atomic mass is 9.82. The smallest absolute Gasteiger partial charge is 0.265 e. The van der Waals surface area contributed by atoms with Gasteiger partial charge in [0.15, 0.2) is 0 Å². The molecule has 1 aromatic carbocycles. The van der Waals surface area contributed by atoms with E-state index < -0.39 is 5.91 Å². The van der Waals surface area contributed by atoms with Crippen LogP contribution in [0.15, 0.2) is 36.9 Å². The van der Waals surface area contributed by atoms with Gasteiger partial charge in [-0.25, -0.2) is 0 Å². The van der Waals surface area contributed by atoms with Gasteiger partial charge in [-0.15, -0.1) is 0 Å². The number of amides is 1. The van der Waals surface area contributed by atoms with E-state index in [1.54, 1.807) is 19.1 Å². The Morgan fingerprint density at radius 3 is 2.09 bits per heavy atom. The van der Waals surface area contributed by atoms with Gasteiger partial charge in [0.25, 0.3) is 5.91 Å². The molecule has 43 heavy (non-hydrogen) atoms. The normalized spacial score (nSPS) is 14.2. The number of aryl methyl sites for hydroxylation is 1. The molecule has 0 bridgehead atoms. The van der Waals surface area contributed by atoms with E-state index in [0.717, 1.165) is 41.1 Å². The molecule has 0 radical (unpaired) electrons. The van der Waals surface area contributed by atoms with Crippen LogP contribution in [0, 0.1) is 19.8 Å². The third kappa shape index (κ3) is 9.50. The van der Waals surface area contributed by atoms with Gasteiger partial charge in [0.2, 0.25) is 0 Å². The lowest BCUT2D eigenvalue weighted by molar-refractivity contribution is -0.117. The van der Waals surface area contributed by atoms with E-state index in [0.29, 0.717) is 11.6 Å². The zero-order valence-corrected chi connectivity index (χ0v) is 27.1. The molecule has 2 heterocycles. The molecular weight excluding hydrogens is 538 g/mol. The van der Waals surface area contributed by atoms with Crippen LogP contribution < -0.4 is 5.73 Å². The highest BCUT2D eigenvalue weighted by atomic mass is 16.1. The number of primary amides is 1. The number of rotatable bonds is 7. The summed E-state index contributed by atoms with van der Waals surface area (Å²) in [7, 11) is 0. The lowest BCUT2D eigenvalue weighted by Gasteiger charge is -2.24. The molecule has 0 spiro atoms. The average molecular weight is 590 g/mol. The van der Waals surface area contributed by atoms with Gasteiger partial charge in [0.1, 0.15) is 25.1 Å².